The van der Waals surface area contributed by atoms with Crippen molar-refractivity contribution in [3.63, 3.8) is 0 Å². The van der Waals surface area contributed by atoms with Gasteiger partial charge in [0.2, 0.25) is 5.88 Å². The lowest BCUT2D eigenvalue weighted by molar-refractivity contribution is -0.139. The third-order valence-corrected chi connectivity index (χ3v) is 4.59. The molecule has 0 saturated carbocycles. The number of benzene rings is 2. The summed E-state index contributed by atoms with van der Waals surface area (Å²) in [6.07, 6.45) is 0. The molecule has 0 aliphatic carbocycles. The minimum Gasteiger partial charge on any atom is -0.463 e. The molecular formula is C22H19ClN2O4. The maximum Gasteiger partial charge on any atom is 0.338 e. The van der Waals surface area contributed by atoms with E-state index in [0.29, 0.717) is 27.8 Å². The average molecular weight is 411 g/mol. The topological polar surface area (TPSA) is 94.6 Å². The molecule has 0 saturated heterocycles. The van der Waals surface area contributed by atoms with Crippen LogP contribution in [0.3, 0.4) is 0 Å². The first-order valence-corrected chi connectivity index (χ1v) is 9.31. The van der Waals surface area contributed by atoms with E-state index in [0.717, 1.165) is 0 Å². The Kier molecular flexibility index (Phi) is 6.10. The number of carbonyl (C=O) groups excluding carboxylic acids is 1. The fraction of sp³-hybridized carbons (Fsp3) is 0.182. The number of allylic oxidation sites excluding steroid dienone is 2. The molecule has 2 N–H and O–H groups in total. The second-order valence-corrected chi connectivity index (χ2v) is 6.68. The van der Waals surface area contributed by atoms with Crippen LogP contribution in [0.15, 0.2) is 71.3 Å². The molecule has 1 atom stereocenters. The van der Waals surface area contributed by atoms with Gasteiger partial charge in [-0.25, -0.2) is 4.79 Å². The van der Waals surface area contributed by atoms with Crippen molar-refractivity contribution in [2.24, 2.45) is 5.73 Å². The summed E-state index contributed by atoms with van der Waals surface area (Å²) < 4.78 is 16.5. The fourth-order valence-corrected chi connectivity index (χ4v) is 3.21. The molecule has 3 rings (SSSR count). The highest BCUT2D eigenvalue weighted by molar-refractivity contribution is 6.30. The van der Waals surface area contributed by atoms with Crippen LogP contribution in [0.4, 0.5) is 0 Å². The maximum absolute atomic E-state index is 12.6. The van der Waals surface area contributed by atoms with Crippen LogP contribution in [0.2, 0.25) is 5.02 Å². The molecule has 0 radical (unpaired) electrons. The van der Waals surface area contributed by atoms with Crippen molar-refractivity contribution in [1.82, 2.24) is 0 Å². The van der Waals surface area contributed by atoms with Crippen molar-refractivity contribution in [1.29, 1.82) is 5.26 Å². The van der Waals surface area contributed by atoms with E-state index in [-0.39, 0.29) is 23.6 Å². The van der Waals surface area contributed by atoms with Crippen LogP contribution >= 0.6 is 11.6 Å². The van der Waals surface area contributed by atoms with Gasteiger partial charge in [0.25, 0.3) is 0 Å². The van der Waals surface area contributed by atoms with Crippen LogP contribution < -0.4 is 10.5 Å². The normalized spacial score (nSPS) is 16.1. The minimum absolute atomic E-state index is 0.0351. The molecule has 1 heterocycles. The molecule has 2 aromatic carbocycles. The summed E-state index contributed by atoms with van der Waals surface area (Å²) in [6, 6.07) is 16.1. The van der Waals surface area contributed by atoms with Gasteiger partial charge in [0.15, 0.2) is 0 Å². The third-order valence-electron chi connectivity index (χ3n) is 4.34. The Hall–Kier alpha value is -3.43. The molecule has 0 bridgehead atoms. The van der Waals surface area contributed by atoms with Gasteiger partial charge >= 0.3 is 5.97 Å². The van der Waals surface area contributed by atoms with Crippen LogP contribution in [-0.4, -0.2) is 12.6 Å². The van der Waals surface area contributed by atoms with Gasteiger partial charge in [-0.2, -0.15) is 5.26 Å². The van der Waals surface area contributed by atoms with Gasteiger partial charge < -0.3 is 19.9 Å². The Bertz CT molecular complexity index is 1040. The van der Waals surface area contributed by atoms with E-state index in [4.69, 9.17) is 31.5 Å². The van der Waals surface area contributed by atoms with E-state index >= 15 is 0 Å². The number of nitrogens with two attached hydrogens (primary N) is 1. The number of hydrogen-bond acceptors (Lipinski definition) is 6. The summed E-state index contributed by atoms with van der Waals surface area (Å²) in [5.74, 6) is 0.126. The summed E-state index contributed by atoms with van der Waals surface area (Å²) in [6.45, 7) is 3.53. The van der Waals surface area contributed by atoms with Crippen LogP contribution in [-0.2, 0) is 14.3 Å². The quantitative estimate of drug-likeness (QED) is 0.713. The molecule has 6 nitrogen and oxygen atoms in total. The Labute approximate surface area is 173 Å². The van der Waals surface area contributed by atoms with E-state index in [9.17, 15) is 10.1 Å². The molecule has 0 aromatic heterocycles. The smallest absolute Gasteiger partial charge is 0.338 e. The fourth-order valence-electron chi connectivity index (χ4n) is 3.08. The molecule has 2 aromatic rings. The maximum atomic E-state index is 12.6. The van der Waals surface area contributed by atoms with Crippen molar-refractivity contribution in [2.45, 2.75) is 19.8 Å². The van der Waals surface area contributed by atoms with Crippen LogP contribution in [0.1, 0.15) is 25.3 Å². The standard InChI is InChI=1S/C22H19ClN2O4/c1-3-27-22(26)19-13(2)28-21(25)18(12-24)20(19)14-5-4-6-17(11-14)29-16-9-7-15(23)8-10-16/h4-11,20H,3,25H2,1-2H3. The number of rotatable bonds is 5. The summed E-state index contributed by atoms with van der Waals surface area (Å²) in [4.78, 5) is 12.6. The van der Waals surface area contributed by atoms with E-state index in [1.54, 1.807) is 62.4 Å². The lowest BCUT2D eigenvalue weighted by Gasteiger charge is -2.27. The predicted octanol–water partition coefficient (Wildman–Crippen LogP) is 4.78. The lowest BCUT2D eigenvalue weighted by atomic mass is 9.83. The molecule has 1 aliphatic heterocycles. The first-order chi connectivity index (χ1) is 13.9. The molecule has 0 fully saturated rings. The number of nitriles is 1. The van der Waals surface area contributed by atoms with Gasteiger partial charge in [-0.3, -0.25) is 0 Å². The highest BCUT2D eigenvalue weighted by Gasteiger charge is 2.36. The third kappa shape index (κ3) is 4.36. The number of nitrogens with zero attached hydrogens (tertiary/aromatic N) is 1. The first kappa shape index (κ1) is 20.3. The zero-order chi connectivity index (χ0) is 21.0. The number of esters is 1. The molecular weight excluding hydrogens is 392 g/mol. The Morgan fingerprint density at radius 2 is 1.97 bits per heavy atom. The van der Waals surface area contributed by atoms with Crippen LogP contribution in [0.5, 0.6) is 11.5 Å². The monoisotopic (exact) mass is 410 g/mol. The molecule has 1 aliphatic rings. The Morgan fingerprint density at radius 3 is 2.62 bits per heavy atom. The molecule has 7 heteroatoms. The van der Waals surface area contributed by atoms with Crippen LogP contribution in [0, 0.1) is 11.3 Å². The van der Waals surface area contributed by atoms with Crippen molar-refractivity contribution >= 4 is 17.6 Å². The molecule has 1 unspecified atom stereocenters. The van der Waals surface area contributed by atoms with Gasteiger partial charge in [-0.1, -0.05) is 23.7 Å². The van der Waals surface area contributed by atoms with Crippen molar-refractivity contribution in [2.75, 3.05) is 6.61 Å². The van der Waals surface area contributed by atoms with E-state index < -0.39 is 11.9 Å². The van der Waals surface area contributed by atoms with Gasteiger partial charge in [0.1, 0.15) is 28.9 Å². The average Bonchev–Trinajstić information content (AvgIpc) is 2.69. The highest BCUT2D eigenvalue weighted by Crippen LogP contribution is 2.40. The number of carbonyl (C=O) groups is 1. The van der Waals surface area contributed by atoms with E-state index in [1.807, 2.05) is 0 Å². The second-order valence-electron chi connectivity index (χ2n) is 6.24. The minimum atomic E-state index is -0.721. The second kappa shape index (κ2) is 8.72. The van der Waals surface area contributed by atoms with E-state index in [2.05, 4.69) is 6.07 Å². The number of ether oxygens (including phenoxy) is 3. The zero-order valence-electron chi connectivity index (χ0n) is 15.9. The Morgan fingerprint density at radius 1 is 1.24 bits per heavy atom. The first-order valence-electron chi connectivity index (χ1n) is 8.93. The summed E-state index contributed by atoms with van der Waals surface area (Å²) >= 11 is 5.91. The zero-order valence-corrected chi connectivity index (χ0v) is 16.7. The predicted molar refractivity (Wildman–Crippen MR) is 108 cm³/mol. The molecule has 29 heavy (non-hydrogen) atoms. The van der Waals surface area contributed by atoms with Gasteiger partial charge in [0.05, 0.1) is 18.1 Å². The summed E-state index contributed by atoms with van der Waals surface area (Å²) in [5.41, 5.74) is 6.96. The molecule has 0 spiro atoms. The van der Waals surface area contributed by atoms with E-state index in [1.165, 1.54) is 0 Å². The Balaban J connectivity index is 2.03. The highest BCUT2D eigenvalue weighted by atomic mass is 35.5. The lowest BCUT2D eigenvalue weighted by Crippen LogP contribution is -2.25. The molecule has 0 amide bonds. The van der Waals surface area contributed by atoms with Gasteiger partial charge in [-0.05, 0) is 55.8 Å². The van der Waals surface area contributed by atoms with Gasteiger partial charge in [-0.15, -0.1) is 0 Å². The van der Waals surface area contributed by atoms with Crippen molar-refractivity contribution < 1.29 is 19.0 Å². The molecule has 148 valence electrons. The van der Waals surface area contributed by atoms with Crippen LogP contribution in [0.25, 0.3) is 0 Å². The van der Waals surface area contributed by atoms with Crippen molar-refractivity contribution in [3.8, 4) is 17.6 Å². The number of halogens is 1. The largest absolute Gasteiger partial charge is 0.463 e. The van der Waals surface area contributed by atoms with Crippen molar-refractivity contribution in [3.05, 3.63) is 81.9 Å². The van der Waals surface area contributed by atoms with Gasteiger partial charge in [0, 0.05) is 5.02 Å². The SMILES string of the molecule is CCOC(=O)C1=C(C)OC(N)=C(C#N)C1c1cccc(Oc2ccc(Cl)cc2)c1. The number of hydrogen-bond donors (Lipinski definition) is 1. The summed E-state index contributed by atoms with van der Waals surface area (Å²) in [7, 11) is 0. The summed E-state index contributed by atoms with van der Waals surface area (Å²) in [5, 5.41) is 10.3.